The molecule has 1 aromatic rings. The third-order valence-corrected chi connectivity index (χ3v) is 4.40. The number of anilines is 1. The van der Waals surface area contributed by atoms with E-state index in [1.807, 2.05) is 0 Å². The molecular weight excluding hydrogens is 266 g/mol. The lowest BCUT2D eigenvalue weighted by atomic mass is 10.2. The SMILES string of the molecule is CCOC(=O)c1ccc(N)cc1.O=S1(=O)CCCC1. The number of hydrogen-bond acceptors (Lipinski definition) is 5. The molecule has 0 aromatic heterocycles. The van der Waals surface area contributed by atoms with Gasteiger partial charge in [-0.25, -0.2) is 13.2 Å². The largest absolute Gasteiger partial charge is 0.462 e. The van der Waals surface area contributed by atoms with Crippen molar-refractivity contribution in [1.29, 1.82) is 0 Å². The van der Waals surface area contributed by atoms with Crippen LogP contribution in [0.2, 0.25) is 0 Å². The third-order valence-electron chi connectivity index (χ3n) is 2.58. The van der Waals surface area contributed by atoms with E-state index in [1.54, 1.807) is 31.2 Å². The smallest absolute Gasteiger partial charge is 0.338 e. The highest BCUT2D eigenvalue weighted by Crippen LogP contribution is 2.08. The van der Waals surface area contributed by atoms with Gasteiger partial charge < -0.3 is 10.5 Å². The summed E-state index contributed by atoms with van der Waals surface area (Å²) >= 11 is 0. The van der Waals surface area contributed by atoms with Gasteiger partial charge in [-0.15, -0.1) is 0 Å². The van der Waals surface area contributed by atoms with Crippen LogP contribution in [-0.4, -0.2) is 32.5 Å². The fraction of sp³-hybridized carbons (Fsp3) is 0.462. The van der Waals surface area contributed by atoms with Crippen molar-refractivity contribution in [2.45, 2.75) is 19.8 Å². The Hall–Kier alpha value is -1.56. The first-order chi connectivity index (χ1) is 8.94. The number of nitrogens with two attached hydrogens (primary N) is 1. The Labute approximate surface area is 113 Å². The molecule has 1 aliphatic heterocycles. The van der Waals surface area contributed by atoms with E-state index in [1.165, 1.54) is 0 Å². The molecule has 0 bridgehead atoms. The minimum absolute atomic E-state index is 0.308. The molecule has 0 unspecified atom stereocenters. The molecule has 0 atom stereocenters. The van der Waals surface area contributed by atoms with Gasteiger partial charge in [0.15, 0.2) is 0 Å². The van der Waals surface area contributed by atoms with E-state index in [9.17, 15) is 13.2 Å². The number of sulfone groups is 1. The number of nitrogen functional groups attached to an aromatic ring is 1. The highest BCUT2D eigenvalue weighted by atomic mass is 32.2. The van der Waals surface area contributed by atoms with E-state index >= 15 is 0 Å². The van der Waals surface area contributed by atoms with Gasteiger partial charge in [0.25, 0.3) is 0 Å². The average Bonchev–Trinajstić information content (AvgIpc) is 2.76. The van der Waals surface area contributed by atoms with Gasteiger partial charge in [-0.1, -0.05) is 0 Å². The van der Waals surface area contributed by atoms with E-state index in [0.717, 1.165) is 12.8 Å². The number of carbonyl (C=O) groups excluding carboxylic acids is 1. The first kappa shape index (κ1) is 15.5. The molecule has 5 nitrogen and oxygen atoms in total. The van der Waals surface area contributed by atoms with Crippen LogP contribution in [0.3, 0.4) is 0 Å². The van der Waals surface area contributed by atoms with E-state index in [4.69, 9.17) is 10.5 Å². The molecule has 1 aromatic carbocycles. The second-order valence-electron chi connectivity index (χ2n) is 4.20. The maximum absolute atomic E-state index is 11.1. The number of hydrogen-bond donors (Lipinski definition) is 1. The van der Waals surface area contributed by atoms with Crippen molar-refractivity contribution in [3.05, 3.63) is 29.8 Å². The van der Waals surface area contributed by atoms with Crippen LogP contribution in [0, 0.1) is 0 Å². The molecule has 2 N–H and O–H groups in total. The molecule has 0 radical (unpaired) electrons. The minimum atomic E-state index is -2.55. The monoisotopic (exact) mass is 285 g/mol. The predicted molar refractivity (Wildman–Crippen MR) is 74.7 cm³/mol. The van der Waals surface area contributed by atoms with Crippen LogP contribution in [0.5, 0.6) is 0 Å². The first-order valence-corrected chi connectivity index (χ1v) is 8.00. The lowest BCUT2D eigenvalue weighted by Crippen LogP contribution is -2.04. The normalized spacial score (nSPS) is 16.3. The molecule has 106 valence electrons. The summed E-state index contributed by atoms with van der Waals surface area (Å²) in [5, 5.41) is 0. The van der Waals surface area contributed by atoms with Crippen molar-refractivity contribution in [2.75, 3.05) is 23.8 Å². The van der Waals surface area contributed by atoms with Crippen LogP contribution < -0.4 is 5.73 Å². The summed E-state index contributed by atoms with van der Waals surface area (Å²) in [6.45, 7) is 2.17. The lowest BCUT2D eigenvalue weighted by molar-refractivity contribution is 0.0526. The fourth-order valence-corrected chi connectivity index (χ4v) is 3.07. The summed E-state index contributed by atoms with van der Waals surface area (Å²) in [4.78, 5) is 11.1. The van der Waals surface area contributed by atoms with Crippen molar-refractivity contribution >= 4 is 21.5 Å². The van der Waals surface area contributed by atoms with Gasteiger partial charge in [-0.2, -0.15) is 0 Å². The second-order valence-corrected chi connectivity index (χ2v) is 6.51. The molecule has 0 amide bonds. The van der Waals surface area contributed by atoms with Gasteiger partial charge in [0, 0.05) is 5.69 Å². The molecule has 0 aliphatic carbocycles. The highest BCUT2D eigenvalue weighted by molar-refractivity contribution is 7.91. The third kappa shape index (κ3) is 5.74. The summed E-state index contributed by atoms with van der Waals surface area (Å²) in [5.41, 5.74) is 6.62. The van der Waals surface area contributed by atoms with Gasteiger partial charge in [0.1, 0.15) is 9.84 Å². The summed E-state index contributed by atoms with van der Waals surface area (Å²) in [5.74, 6) is 0.539. The fourth-order valence-electron chi connectivity index (χ4n) is 1.58. The van der Waals surface area contributed by atoms with Gasteiger partial charge in [0.05, 0.1) is 23.7 Å². The summed E-state index contributed by atoms with van der Waals surface area (Å²) in [6, 6.07) is 6.64. The molecule has 2 rings (SSSR count). The molecule has 1 saturated heterocycles. The number of carbonyl (C=O) groups is 1. The highest BCUT2D eigenvalue weighted by Gasteiger charge is 2.16. The van der Waals surface area contributed by atoms with Crippen molar-refractivity contribution < 1.29 is 17.9 Å². The van der Waals surface area contributed by atoms with Gasteiger partial charge >= 0.3 is 5.97 Å². The molecule has 0 saturated carbocycles. The van der Waals surface area contributed by atoms with E-state index in [2.05, 4.69) is 0 Å². The maximum Gasteiger partial charge on any atom is 0.338 e. The Bertz CT molecular complexity index is 496. The van der Waals surface area contributed by atoms with Crippen LogP contribution in [-0.2, 0) is 14.6 Å². The zero-order valence-electron chi connectivity index (χ0n) is 11.0. The zero-order valence-corrected chi connectivity index (χ0v) is 11.8. The Morgan fingerprint density at radius 3 is 2.11 bits per heavy atom. The summed E-state index contributed by atoms with van der Waals surface area (Å²) in [6.07, 6.45) is 1.75. The second kappa shape index (κ2) is 7.13. The van der Waals surface area contributed by atoms with Crippen LogP contribution in [0.15, 0.2) is 24.3 Å². The number of esters is 1. The molecule has 1 aliphatic rings. The van der Waals surface area contributed by atoms with E-state index < -0.39 is 9.84 Å². The first-order valence-electron chi connectivity index (χ1n) is 6.17. The van der Waals surface area contributed by atoms with E-state index in [-0.39, 0.29) is 5.97 Å². The van der Waals surface area contributed by atoms with Crippen LogP contribution >= 0.6 is 0 Å². The topological polar surface area (TPSA) is 86.5 Å². The molecule has 19 heavy (non-hydrogen) atoms. The van der Waals surface area contributed by atoms with Crippen LogP contribution in [0.4, 0.5) is 5.69 Å². The van der Waals surface area contributed by atoms with Gasteiger partial charge in [-0.3, -0.25) is 0 Å². The molecule has 1 fully saturated rings. The quantitative estimate of drug-likeness (QED) is 0.659. The Morgan fingerprint density at radius 2 is 1.74 bits per heavy atom. The molecular formula is C13H19NO4S. The van der Waals surface area contributed by atoms with E-state index in [0.29, 0.717) is 29.4 Å². The summed E-state index contributed by atoms with van der Waals surface area (Å²) < 4.78 is 25.6. The molecule has 1 heterocycles. The Morgan fingerprint density at radius 1 is 1.21 bits per heavy atom. The van der Waals surface area contributed by atoms with Crippen LogP contribution in [0.25, 0.3) is 0 Å². The predicted octanol–water partition coefficient (Wildman–Crippen LogP) is 1.64. The lowest BCUT2D eigenvalue weighted by Gasteiger charge is -2.00. The Kier molecular flexibility index (Phi) is 5.82. The standard InChI is InChI=1S/C9H11NO2.C4H8O2S/c1-2-12-9(11)7-3-5-8(10)6-4-7;5-7(6)3-1-2-4-7/h3-6H,2,10H2,1H3;1-4H2. The van der Waals surface area contributed by atoms with Crippen molar-refractivity contribution in [3.8, 4) is 0 Å². The van der Waals surface area contributed by atoms with Crippen molar-refractivity contribution in [3.63, 3.8) is 0 Å². The zero-order chi connectivity index (χ0) is 14.3. The van der Waals surface area contributed by atoms with Crippen molar-refractivity contribution in [2.24, 2.45) is 0 Å². The number of rotatable bonds is 2. The number of benzene rings is 1. The van der Waals surface area contributed by atoms with Crippen LogP contribution in [0.1, 0.15) is 30.1 Å². The minimum Gasteiger partial charge on any atom is -0.462 e. The van der Waals surface area contributed by atoms with Gasteiger partial charge in [-0.05, 0) is 44.0 Å². The molecule has 0 spiro atoms. The summed E-state index contributed by atoms with van der Waals surface area (Å²) in [7, 11) is -2.55. The van der Waals surface area contributed by atoms with Crippen molar-refractivity contribution in [1.82, 2.24) is 0 Å². The maximum atomic E-state index is 11.1. The average molecular weight is 285 g/mol. The Balaban J connectivity index is 0.000000218. The van der Waals surface area contributed by atoms with Gasteiger partial charge in [0.2, 0.25) is 0 Å². The molecule has 6 heteroatoms. The number of ether oxygens (including phenoxy) is 1.